The van der Waals surface area contributed by atoms with E-state index in [0.29, 0.717) is 18.9 Å². The van der Waals surface area contributed by atoms with Crippen LogP contribution in [0.3, 0.4) is 0 Å². The molecular weight excluding hydrogens is 376 g/mol. The van der Waals surface area contributed by atoms with E-state index in [1.807, 2.05) is 72.6 Å². The van der Waals surface area contributed by atoms with E-state index in [4.69, 9.17) is 0 Å². The van der Waals surface area contributed by atoms with E-state index in [1.165, 1.54) is 0 Å². The third kappa shape index (κ3) is 3.39. The third-order valence-corrected chi connectivity index (χ3v) is 5.46. The van der Waals surface area contributed by atoms with E-state index < -0.39 is 0 Å². The number of piperazine rings is 1. The van der Waals surface area contributed by atoms with Gasteiger partial charge in [-0.3, -0.25) is 4.79 Å². The van der Waals surface area contributed by atoms with Crippen LogP contribution in [0.25, 0.3) is 16.6 Å². The Hall–Kier alpha value is -3.74. The molecule has 1 amide bonds. The zero-order chi connectivity index (χ0) is 20.5. The number of nitrogens with zero attached hydrogens (tertiary/aromatic N) is 6. The summed E-state index contributed by atoms with van der Waals surface area (Å²) in [5, 5.41) is 6.35. The molecule has 7 heteroatoms. The average Bonchev–Trinajstić information content (AvgIpc) is 3.33. The SMILES string of the molecule is Cc1nc(N2CCN(C(=O)c3cccc4ccccc34)CC2)cc(-n2cccn2)n1. The van der Waals surface area contributed by atoms with Gasteiger partial charge in [0, 0.05) is 50.2 Å². The largest absolute Gasteiger partial charge is 0.353 e. The summed E-state index contributed by atoms with van der Waals surface area (Å²) in [6.07, 6.45) is 3.60. The van der Waals surface area contributed by atoms with Crippen molar-refractivity contribution in [3.05, 3.63) is 78.4 Å². The lowest BCUT2D eigenvalue weighted by Gasteiger charge is -2.35. The molecule has 0 saturated carbocycles. The van der Waals surface area contributed by atoms with Gasteiger partial charge in [0.1, 0.15) is 11.6 Å². The highest BCUT2D eigenvalue weighted by Gasteiger charge is 2.24. The number of carbonyl (C=O) groups excluding carboxylic acids is 1. The Labute approximate surface area is 174 Å². The summed E-state index contributed by atoms with van der Waals surface area (Å²) >= 11 is 0. The molecule has 0 spiro atoms. The van der Waals surface area contributed by atoms with Crippen LogP contribution in [0.2, 0.25) is 0 Å². The molecule has 1 saturated heterocycles. The fourth-order valence-corrected chi connectivity index (χ4v) is 3.94. The molecule has 7 nitrogen and oxygen atoms in total. The Morgan fingerprint density at radius 2 is 1.67 bits per heavy atom. The number of amides is 1. The van der Waals surface area contributed by atoms with Gasteiger partial charge >= 0.3 is 0 Å². The predicted octanol–water partition coefficient (Wildman–Crippen LogP) is 3.09. The van der Waals surface area contributed by atoms with E-state index in [9.17, 15) is 4.79 Å². The summed E-state index contributed by atoms with van der Waals surface area (Å²) < 4.78 is 1.73. The molecule has 1 aliphatic rings. The van der Waals surface area contributed by atoms with Crippen LogP contribution in [0, 0.1) is 6.92 Å². The molecule has 0 bridgehead atoms. The second-order valence-corrected chi connectivity index (χ2v) is 7.39. The second-order valence-electron chi connectivity index (χ2n) is 7.39. The van der Waals surface area contributed by atoms with Crippen LogP contribution in [0.15, 0.2) is 67.0 Å². The van der Waals surface area contributed by atoms with Crippen molar-refractivity contribution in [2.24, 2.45) is 0 Å². The predicted molar refractivity (Wildman–Crippen MR) is 116 cm³/mol. The van der Waals surface area contributed by atoms with Crippen LogP contribution in [0.5, 0.6) is 0 Å². The smallest absolute Gasteiger partial charge is 0.254 e. The highest BCUT2D eigenvalue weighted by atomic mass is 16.2. The number of benzene rings is 2. The molecule has 2 aromatic heterocycles. The number of hydrogen-bond acceptors (Lipinski definition) is 5. The third-order valence-electron chi connectivity index (χ3n) is 5.46. The molecule has 0 N–H and O–H groups in total. The molecule has 0 atom stereocenters. The maximum Gasteiger partial charge on any atom is 0.254 e. The minimum Gasteiger partial charge on any atom is -0.353 e. The number of aryl methyl sites for hydroxylation is 1. The van der Waals surface area contributed by atoms with Crippen LogP contribution in [-0.2, 0) is 0 Å². The maximum atomic E-state index is 13.2. The van der Waals surface area contributed by atoms with E-state index >= 15 is 0 Å². The van der Waals surface area contributed by atoms with Crippen molar-refractivity contribution >= 4 is 22.5 Å². The molecule has 0 aliphatic carbocycles. The van der Waals surface area contributed by atoms with Gasteiger partial charge in [0.15, 0.2) is 5.82 Å². The first-order valence-corrected chi connectivity index (χ1v) is 10.1. The van der Waals surface area contributed by atoms with Gasteiger partial charge in [-0.1, -0.05) is 36.4 Å². The Morgan fingerprint density at radius 3 is 2.47 bits per heavy atom. The highest BCUT2D eigenvalue weighted by molar-refractivity contribution is 6.07. The van der Waals surface area contributed by atoms with Crippen LogP contribution < -0.4 is 4.90 Å². The summed E-state index contributed by atoms with van der Waals surface area (Å²) in [5.74, 6) is 2.40. The summed E-state index contributed by atoms with van der Waals surface area (Å²) in [5.41, 5.74) is 0.764. The minimum absolute atomic E-state index is 0.0857. The van der Waals surface area contributed by atoms with Gasteiger partial charge in [-0.2, -0.15) is 5.10 Å². The number of hydrogen-bond donors (Lipinski definition) is 0. The van der Waals surface area contributed by atoms with Crippen molar-refractivity contribution in [2.75, 3.05) is 31.1 Å². The molecule has 5 rings (SSSR count). The normalized spacial score (nSPS) is 14.3. The van der Waals surface area contributed by atoms with Gasteiger partial charge in [0.05, 0.1) is 0 Å². The molecule has 150 valence electrons. The van der Waals surface area contributed by atoms with Crippen LogP contribution in [0.1, 0.15) is 16.2 Å². The molecule has 2 aromatic carbocycles. The first-order chi connectivity index (χ1) is 14.7. The van der Waals surface area contributed by atoms with Crippen LogP contribution in [0.4, 0.5) is 5.82 Å². The van der Waals surface area contributed by atoms with E-state index in [0.717, 1.165) is 41.1 Å². The topological polar surface area (TPSA) is 67.2 Å². The summed E-state index contributed by atoms with van der Waals surface area (Å²) in [4.78, 5) is 26.4. The molecular formula is C23H22N6O. The zero-order valence-electron chi connectivity index (χ0n) is 16.8. The number of fused-ring (bicyclic) bond motifs is 1. The molecule has 3 heterocycles. The second kappa shape index (κ2) is 7.59. The Balaban J connectivity index is 1.34. The van der Waals surface area contributed by atoms with Gasteiger partial charge in [-0.05, 0) is 29.8 Å². The fourth-order valence-electron chi connectivity index (χ4n) is 3.94. The lowest BCUT2D eigenvalue weighted by molar-refractivity contribution is 0.0748. The summed E-state index contributed by atoms with van der Waals surface area (Å²) in [6.45, 7) is 4.65. The minimum atomic E-state index is 0.0857. The van der Waals surface area contributed by atoms with Crippen molar-refractivity contribution in [1.82, 2.24) is 24.6 Å². The molecule has 30 heavy (non-hydrogen) atoms. The molecule has 4 aromatic rings. The van der Waals surface area contributed by atoms with E-state index in [1.54, 1.807) is 10.9 Å². The number of carbonyl (C=O) groups is 1. The van der Waals surface area contributed by atoms with Gasteiger partial charge in [-0.15, -0.1) is 0 Å². The summed E-state index contributed by atoms with van der Waals surface area (Å²) in [7, 11) is 0. The molecule has 1 aliphatic heterocycles. The monoisotopic (exact) mass is 398 g/mol. The Morgan fingerprint density at radius 1 is 0.900 bits per heavy atom. The number of aromatic nitrogens is 4. The van der Waals surface area contributed by atoms with E-state index in [2.05, 4.69) is 20.0 Å². The number of rotatable bonds is 3. The van der Waals surface area contributed by atoms with Crippen molar-refractivity contribution in [1.29, 1.82) is 0 Å². The lowest BCUT2D eigenvalue weighted by Crippen LogP contribution is -2.49. The van der Waals surface area contributed by atoms with Crippen molar-refractivity contribution in [2.45, 2.75) is 6.92 Å². The van der Waals surface area contributed by atoms with Gasteiger partial charge in [0.2, 0.25) is 0 Å². The first-order valence-electron chi connectivity index (χ1n) is 10.1. The van der Waals surface area contributed by atoms with Gasteiger partial charge in [0.25, 0.3) is 5.91 Å². The van der Waals surface area contributed by atoms with E-state index in [-0.39, 0.29) is 5.91 Å². The van der Waals surface area contributed by atoms with Gasteiger partial charge in [-0.25, -0.2) is 14.6 Å². The zero-order valence-corrected chi connectivity index (χ0v) is 16.8. The first kappa shape index (κ1) is 18.3. The molecule has 0 radical (unpaired) electrons. The molecule has 0 unspecified atom stereocenters. The van der Waals surface area contributed by atoms with Crippen LogP contribution in [-0.4, -0.2) is 56.7 Å². The van der Waals surface area contributed by atoms with Crippen molar-refractivity contribution in [3.63, 3.8) is 0 Å². The quantitative estimate of drug-likeness (QED) is 0.531. The van der Waals surface area contributed by atoms with Crippen LogP contribution >= 0.6 is 0 Å². The Bertz CT molecular complexity index is 1190. The summed E-state index contributed by atoms with van der Waals surface area (Å²) in [6, 6.07) is 17.8. The standard InChI is InChI=1S/C23H22N6O/c1-17-25-21(16-22(26-17)29-11-5-10-24-29)27-12-14-28(15-13-27)23(30)20-9-4-7-18-6-2-3-8-19(18)20/h2-11,16H,12-15H2,1H3. The highest BCUT2D eigenvalue weighted by Crippen LogP contribution is 2.22. The van der Waals surface area contributed by atoms with Crippen molar-refractivity contribution < 1.29 is 4.79 Å². The van der Waals surface area contributed by atoms with Gasteiger partial charge < -0.3 is 9.80 Å². The molecule has 1 fully saturated rings. The van der Waals surface area contributed by atoms with Crippen molar-refractivity contribution in [3.8, 4) is 5.82 Å². The fraction of sp³-hybridized carbons (Fsp3) is 0.217. The Kier molecular flexibility index (Phi) is 4.63. The average molecular weight is 398 g/mol. The lowest BCUT2D eigenvalue weighted by atomic mass is 10.0. The number of anilines is 1. The maximum absolute atomic E-state index is 13.2.